The molecule has 386 valence electrons. The number of allylic oxidation sites excluding steroid dienone is 1. The van der Waals surface area contributed by atoms with Crippen LogP contribution < -0.4 is 5.32 Å². The van der Waals surface area contributed by atoms with E-state index in [-0.39, 0.29) is 12.5 Å². The SMILES string of the molecule is CCCCCCCCCCCCCCCCCCCCCCCCCCCCC/C=C/C(O)C(COC1OC(CO)C(O)C(O)C1O)NC(=O)CCCCCCCCCCCCCCC. The number of amides is 1. The van der Waals surface area contributed by atoms with Crippen molar-refractivity contribution in [1.82, 2.24) is 5.32 Å². The van der Waals surface area contributed by atoms with Crippen molar-refractivity contribution in [2.75, 3.05) is 13.2 Å². The molecule has 7 unspecified atom stereocenters. The van der Waals surface area contributed by atoms with E-state index in [0.29, 0.717) is 6.42 Å². The van der Waals surface area contributed by atoms with Gasteiger partial charge >= 0.3 is 0 Å². The normalized spacial score (nSPS) is 19.9. The summed E-state index contributed by atoms with van der Waals surface area (Å²) in [6.45, 7) is 3.80. The van der Waals surface area contributed by atoms with Gasteiger partial charge in [0.05, 0.1) is 25.4 Å². The minimum absolute atomic E-state index is 0.173. The highest BCUT2D eigenvalue weighted by Gasteiger charge is 2.44. The van der Waals surface area contributed by atoms with E-state index in [4.69, 9.17) is 9.47 Å². The Kier molecular flexibility index (Phi) is 44.5. The average Bonchev–Trinajstić information content (AvgIpc) is 3.31. The van der Waals surface area contributed by atoms with Gasteiger partial charge in [0.15, 0.2) is 6.29 Å². The standard InChI is InChI=1S/C56H109NO8/c1-3-5-7-9-11-13-15-17-18-19-20-21-22-23-24-25-26-27-28-29-30-31-32-34-35-37-39-41-43-45-50(59)49(48-64-56-55(63)54(62)53(61)51(47-58)65-56)57-52(60)46-44-42-40-38-36-33-16-14-12-10-8-6-4-2/h43,45,49-51,53-56,58-59,61-63H,3-42,44,46-48H2,1-2H3,(H,57,60)/b45-43+. The van der Waals surface area contributed by atoms with Crippen molar-refractivity contribution < 1.29 is 39.8 Å². The molecule has 0 aromatic carbocycles. The van der Waals surface area contributed by atoms with Crippen LogP contribution in [-0.2, 0) is 14.3 Å². The molecule has 1 fully saturated rings. The van der Waals surface area contributed by atoms with Gasteiger partial charge in [-0.15, -0.1) is 0 Å². The highest BCUT2D eigenvalue weighted by atomic mass is 16.7. The molecule has 1 saturated heterocycles. The summed E-state index contributed by atoms with van der Waals surface area (Å²) >= 11 is 0. The molecule has 0 spiro atoms. The van der Waals surface area contributed by atoms with Crippen molar-refractivity contribution in [3.8, 4) is 0 Å². The van der Waals surface area contributed by atoms with Crippen LogP contribution in [0.5, 0.6) is 0 Å². The molecule has 1 amide bonds. The van der Waals surface area contributed by atoms with Gasteiger partial charge in [-0.05, 0) is 19.3 Å². The fourth-order valence-electron chi connectivity index (χ4n) is 9.34. The van der Waals surface area contributed by atoms with Crippen LogP contribution in [0.1, 0.15) is 284 Å². The topological polar surface area (TPSA) is 149 Å². The number of ether oxygens (including phenoxy) is 2. The molecule has 9 heteroatoms. The molecule has 1 heterocycles. The fourth-order valence-corrected chi connectivity index (χ4v) is 9.34. The van der Waals surface area contributed by atoms with Crippen LogP contribution in [0, 0.1) is 0 Å². The van der Waals surface area contributed by atoms with Gasteiger partial charge in [0.25, 0.3) is 0 Å². The number of aliphatic hydroxyl groups excluding tert-OH is 5. The number of carbonyl (C=O) groups excluding carboxylic acids is 1. The Labute approximate surface area is 401 Å². The summed E-state index contributed by atoms with van der Waals surface area (Å²) in [6.07, 6.45) is 50.0. The molecule has 1 aliphatic heterocycles. The van der Waals surface area contributed by atoms with Gasteiger partial charge in [-0.3, -0.25) is 4.79 Å². The van der Waals surface area contributed by atoms with Crippen LogP contribution in [-0.4, -0.2) is 87.5 Å². The second kappa shape index (κ2) is 46.6. The van der Waals surface area contributed by atoms with Crippen LogP contribution in [0.2, 0.25) is 0 Å². The van der Waals surface area contributed by atoms with Gasteiger partial charge in [0.2, 0.25) is 5.91 Å². The molecule has 0 saturated carbocycles. The number of rotatable bonds is 49. The minimum atomic E-state index is -1.56. The van der Waals surface area contributed by atoms with Crippen molar-refractivity contribution in [2.45, 2.75) is 326 Å². The van der Waals surface area contributed by atoms with Gasteiger partial charge in [0, 0.05) is 6.42 Å². The maximum Gasteiger partial charge on any atom is 0.220 e. The van der Waals surface area contributed by atoms with Gasteiger partial charge in [-0.2, -0.15) is 0 Å². The molecule has 1 aliphatic rings. The van der Waals surface area contributed by atoms with E-state index < -0.39 is 49.5 Å². The van der Waals surface area contributed by atoms with Crippen molar-refractivity contribution in [3.63, 3.8) is 0 Å². The first-order valence-electron chi connectivity index (χ1n) is 28.4. The molecule has 6 N–H and O–H groups in total. The number of hydrogen-bond acceptors (Lipinski definition) is 8. The highest BCUT2D eigenvalue weighted by molar-refractivity contribution is 5.76. The second-order valence-electron chi connectivity index (χ2n) is 20.1. The Morgan fingerprint density at radius 3 is 1.20 bits per heavy atom. The summed E-state index contributed by atoms with van der Waals surface area (Å²) in [5.41, 5.74) is 0. The summed E-state index contributed by atoms with van der Waals surface area (Å²) in [6, 6.07) is -0.799. The number of aliphatic hydroxyl groups is 5. The predicted molar refractivity (Wildman–Crippen MR) is 272 cm³/mol. The molecule has 0 aromatic rings. The third-order valence-corrected chi connectivity index (χ3v) is 13.9. The highest BCUT2D eigenvalue weighted by Crippen LogP contribution is 2.23. The van der Waals surface area contributed by atoms with Crippen molar-refractivity contribution in [2.24, 2.45) is 0 Å². The number of hydrogen-bond donors (Lipinski definition) is 6. The smallest absolute Gasteiger partial charge is 0.220 e. The van der Waals surface area contributed by atoms with E-state index >= 15 is 0 Å². The zero-order chi connectivity index (χ0) is 47.3. The molecular formula is C56H109NO8. The van der Waals surface area contributed by atoms with E-state index in [1.54, 1.807) is 6.08 Å². The molecule has 1 rings (SSSR count). The molecule has 9 nitrogen and oxygen atoms in total. The number of nitrogens with one attached hydrogen (secondary N) is 1. The van der Waals surface area contributed by atoms with E-state index in [1.807, 2.05) is 6.08 Å². The van der Waals surface area contributed by atoms with Gasteiger partial charge in [-0.25, -0.2) is 0 Å². The quantitative estimate of drug-likeness (QED) is 0.0261. The zero-order valence-corrected chi connectivity index (χ0v) is 42.8. The van der Waals surface area contributed by atoms with Crippen LogP contribution in [0.15, 0.2) is 12.2 Å². The van der Waals surface area contributed by atoms with E-state index in [9.17, 15) is 30.3 Å². The summed E-state index contributed by atoms with van der Waals surface area (Å²) in [5, 5.41) is 54.4. The first-order valence-corrected chi connectivity index (χ1v) is 28.4. The van der Waals surface area contributed by atoms with Crippen molar-refractivity contribution in [3.05, 3.63) is 12.2 Å². The third kappa shape index (κ3) is 36.6. The van der Waals surface area contributed by atoms with Crippen LogP contribution in [0.3, 0.4) is 0 Å². The van der Waals surface area contributed by atoms with E-state index in [2.05, 4.69) is 19.2 Å². The molecule has 0 radical (unpaired) electrons. The lowest BCUT2D eigenvalue weighted by molar-refractivity contribution is -0.302. The summed E-state index contributed by atoms with van der Waals surface area (Å²) in [7, 11) is 0. The van der Waals surface area contributed by atoms with Gasteiger partial charge in [0.1, 0.15) is 24.4 Å². The van der Waals surface area contributed by atoms with Crippen LogP contribution in [0.25, 0.3) is 0 Å². The number of carbonyl (C=O) groups is 1. The molecule has 0 aromatic heterocycles. The van der Waals surface area contributed by atoms with E-state index in [0.717, 1.165) is 38.5 Å². The first kappa shape index (κ1) is 61.9. The van der Waals surface area contributed by atoms with Crippen LogP contribution in [0.4, 0.5) is 0 Å². The monoisotopic (exact) mass is 924 g/mol. The predicted octanol–water partition coefficient (Wildman–Crippen LogP) is 13.6. The molecule has 7 atom stereocenters. The van der Waals surface area contributed by atoms with Gasteiger partial charge in [-0.1, -0.05) is 270 Å². The lowest BCUT2D eigenvalue weighted by Crippen LogP contribution is -2.60. The Morgan fingerprint density at radius 1 is 0.508 bits per heavy atom. The van der Waals surface area contributed by atoms with Crippen LogP contribution >= 0.6 is 0 Å². The van der Waals surface area contributed by atoms with Crippen molar-refractivity contribution >= 4 is 5.91 Å². The molecule has 0 aliphatic carbocycles. The Balaban J connectivity index is 2.16. The summed E-state index contributed by atoms with van der Waals surface area (Å²) < 4.78 is 11.3. The maximum atomic E-state index is 13.0. The average molecular weight is 924 g/mol. The first-order chi connectivity index (χ1) is 31.8. The zero-order valence-electron chi connectivity index (χ0n) is 42.8. The van der Waals surface area contributed by atoms with Gasteiger partial charge < -0.3 is 40.3 Å². The minimum Gasteiger partial charge on any atom is -0.394 e. The summed E-state index contributed by atoms with van der Waals surface area (Å²) in [4.78, 5) is 13.0. The Bertz CT molecular complexity index is 1030. The largest absolute Gasteiger partial charge is 0.394 e. The summed E-state index contributed by atoms with van der Waals surface area (Å²) in [5.74, 6) is -0.173. The Hall–Kier alpha value is -1.07. The fraction of sp³-hybridized carbons (Fsp3) is 0.946. The molecule has 65 heavy (non-hydrogen) atoms. The molecule has 0 bridgehead atoms. The molecular weight excluding hydrogens is 815 g/mol. The second-order valence-corrected chi connectivity index (χ2v) is 20.1. The lowest BCUT2D eigenvalue weighted by atomic mass is 9.99. The third-order valence-electron chi connectivity index (χ3n) is 13.9. The maximum absolute atomic E-state index is 13.0. The lowest BCUT2D eigenvalue weighted by Gasteiger charge is -2.40. The van der Waals surface area contributed by atoms with E-state index in [1.165, 1.54) is 225 Å². The number of unbranched alkanes of at least 4 members (excludes halogenated alkanes) is 39. The van der Waals surface area contributed by atoms with Crippen molar-refractivity contribution in [1.29, 1.82) is 0 Å². The Morgan fingerprint density at radius 2 is 0.846 bits per heavy atom.